The Morgan fingerprint density at radius 2 is 1.78 bits per heavy atom. The Labute approximate surface area is 114 Å². The molecule has 2 aliphatic rings. The molecule has 0 bridgehead atoms. The van der Waals surface area contributed by atoms with Crippen molar-refractivity contribution < 1.29 is 0 Å². The lowest BCUT2D eigenvalue weighted by molar-refractivity contribution is 0.0581. The van der Waals surface area contributed by atoms with Crippen LogP contribution in [-0.4, -0.2) is 36.1 Å². The summed E-state index contributed by atoms with van der Waals surface area (Å²) in [7, 11) is 0. The van der Waals surface area contributed by atoms with Crippen molar-refractivity contribution in [3.63, 3.8) is 0 Å². The molecule has 0 radical (unpaired) electrons. The van der Waals surface area contributed by atoms with E-state index in [1.165, 1.54) is 45.2 Å². The molecule has 0 aromatic heterocycles. The Balaban J connectivity index is 1.88. The first-order chi connectivity index (χ1) is 8.56. The van der Waals surface area contributed by atoms with E-state index < -0.39 is 0 Å². The maximum absolute atomic E-state index is 3.74. The average molecular weight is 252 g/mol. The lowest BCUT2D eigenvalue weighted by atomic mass is 9.85. The second-order valence-corrected chi connectivity index (χ2v) is 7.19. The van der Waals surface area contributed by atoms with Crippen molar-refractivity contribution in [2.45, 2.75) is 77.9 Å². The van der Waals surface area contributed by atoms with Gasteiger partial charge in [0.15, 0.2) is 0 Å². The molecule has 1 aliphatic heterocycles. The third kappa shape index (κ3) is 3.71. The van der Waals surface area contributed by atoms with Crippen molar-refractivity contribution in [3.8, 4) is 0 Å². The first-order valence-corrected chi connectivity index (χ1v) is 8.05. The predicted molar refractivity (Wildman–Crippen MR) is 78.8 cm³/mol. The lowest BCUT2D eigenvalue weighted by Crippen LogP contribution is -2.59. The second-order valence-electron chi connectivity index (χ2n) is 7.19. The number of rotatable bonds is 3. The van der Waals surface area contributed by atoms with Crippen LogP contribution in [0.3, 0.4) is 0 Å². The van der Waals surface area contributed by atoms with Gasteiger partial charge in [-0.25, -0.2) is 0 Å². The highest BCUT2D eigenvalue weighted by Gasteiger charge is 2.32. The van der Waals surface area contributed by atoms with E-state index in [-0.39, 0.29) is 0 Å². The predicted octanol–water partition coefficient (Wildman–Crippen LogP) is 3.27. The molecule has 2 rings (SSSR count). The number of piperazine rings is 1. The van der Waals surface area contributed by atoms with Gasteiger partial charge < -0.3 is 5.32 Å². The summed E-state index contributed by atoms with van der Waals surface area (Å²) >= 11 is 0. The highest BCUT2D eigenvalue weighted by molar-refractivity contribution is 4.90. The van der Waals surface area contributed by atoms with Gasteiger partial charge in [-0.1, -0.05) is 20.8 Å². The summed E-state index contributed by atoms with van der Waals surface area (Å²) < 4.78 is 0. The van der Waals surface area contributed by atoms with E-state index in [2.05, 4.69) is 37.9 Å². The molecule has 1 saturated heterocycles. The standard InChI is InChI=1S/C16H32N2/c1-12(2)9-15-11-18(14(4)10-17-15)16-7-5-13(3)6-8-16/h12-17H,5-11H2,1-4H3. The first-order valence-electron chi connectivity index (χ1n) is 8.05. The minimum atomic E-state index is 0.723. The second kappa shape index (κ2) is 6.38. The van der Waals surface area contributed by atoms with Crippen LogP contribution < -0.4 is 5.32 Å². The van der Waals surface area contributed by atoms with Gasteiger partial charge in [0.2, 0.25) is 0 Å². The fraction of sp³-hybridized carbons (Fsp3) is 1.00. The molecule has 1 N–H and O–H groups in total. The fourth-order valence-corrected chi connectivity index (χ4v) is 3.76. The highest BCUT2D eigenvalue weighted by Crippen LogP contribution is 2.29. The summed E-state index contributed by atoms with van der Waals surface area (Å²) in [4.78, 5) is 2.81. The van der Waals surface area contributed by atoms with Crippen LogP contribution >= 0.6 is 0 Å². The molecule has 2 atom stereocenters. The van der Waals surface area contributed by atoms with Crippen LogP contribution in [0.4, 0.5) is 0 Å². The summed E-state index contributed by atoms with van der Waals surface area (Å²) in [5, 5.41) is 3.74. The van der Waals surface area contributed by atoms with Gasteiger partial charge in [0.05, 0.1) is 0 Å². The van der Waals surface area contributed by atoms with Gasteiger partial charge in [-0.3, -0.25) is 4.90 Å². The first kappa shape index (κ1) is 14.3. The van der Waals surface area contributed by atoms with Crippen LogP contribution in [-0.2, 0) is 0 Å². The van der Waals surface area contributed by atoms with Crippen LogP contribution in [0, 0.1) is 11.8 Å². The third-order valence-electron chi connectivity index (χ3n) is 4.91. The molecule has 0 amide bonds. The van der Waals surface area contributed by atoms with Gasteiger partial charge in [-0.2, -0.15) is 0 Å². The van der Waals surface area contributed by atoms with Crippen LogP contribution in [0.5, 0.6) is 0 Å². The van der Waals surface area contributed by atoms with Crippen LogP contribution in [0.1, 0.15) is 59.8 Å². The summed E-state index contributed by atoms with van der Waals surface area (Å²) in [5.74, 6) is 1.77. The maximum Gasteiger partial charge on any atom is 0.0198 e. The van der Waals surface area contributed by atoms with Crippen molar-refractivity contribution in [2.75, 3.05) is 13.1 Å². The lowest BCUT2D eigenvalue weighted by Gasteiger charge is -2.45. The third-order valence-corrected chi connectivity index (χ3v) is 4.91. The molecule has 2 nitrogen and oxygen atoms in total. The molecule has 0 spiro atoms. The fourth-order valence-electron chi connectivity index (χ4n) is 3.76. The maximum atomic E-state index is 3.74. The zero-order valence-electron chi connectivity index (χ0n) is 12.8. The van der Waals surface area contributed by atoms with Gasteiger partial charge in [-0.05, 0) is 50.9 Å². The summed E-state index contributed by atoms with van der Waals surface area (Å²) in [6.45, 7) is 12.0. The van der Waals surface area contributed by atoms with E-state index in [1.54, 1.807) is 0 Å². The molecule has 18 heavy (non-hydrogen) atoms. The number of nitrogens with one attached hydrogen (secondary N) is 1. The summed E-state index contributed by atoms with van der Waals surface area (Å²) in [5.41, 5.74) is 0. The Morgan fingerprint density at radius 1 is 1.11 bits per heavy atom. The Kier molecular flexibility index (Phi) is 5.08. The SMILES string of the molecule is CC(C)CC1CN(C2CCC(C)CC2)C(C)CN1. The number of hydrogen-bond acceptors (Lipinski definition) is 2. The van der Waals surface area contributed by atoms with Gasteiger partial charge >= 0.3 is 0 Å². The largest absolute Gasteiger partial charge is 0.311 e. The Morgan fingerprint density at radius 3 is 2.39 bits per heavy atom. The summed E-state index contributed by atoms with van der Waals surface area (Å²) in [6, 6.07) is 2.32. The monoisotopic (exact) mass is 252 g/mol. The van der Waals surface area contributed by atoms with Gasteiger partial charge in [0.1, 0.15) is 0 Å². The molecule has 1 saturated carbocycles. The smallest absolute Gasteiger partial charge is 0.0198 e. The van der Waals surface area contributed by atoms with Crippen molar-refractivity contribution in [3.05, 3.63) is 0 Å². The molecule has 0 aromatic carbocycles. The Hall–Kier alpha value is -0.0800. The van der Waals surface area contributed by atoms with E-state index >= 15 is 0 Å². The number of hydrogen-bond donors (Lipinski definition) is 1. The quantitative estimate of drug-likeness (QED) is 0.829. The molecule has 1 heterocycles. The van der Waals surface area contributed by atoms with Crippen LogP contribution in [0.25, 0.3) is 0 Å². The molecular weight excluding hydrogens is 220 g/mol. The average Bonchev–Trinajstić information content (AvgIpc) is 2.32. The van der Waals surface area contributed by atoms with Crippen molar-refractivity contribution in [1.29, 1.82) is 0 Å². The van der Waals surface area contributed by atoms with E-state index in [1.807, 2.05) is 0 Å². The van der Waals surface area contributed by atoms with E-state index in [9.17, 15) is 0 Å². The minimum Gasteiger partial charge on any atom is -0.311 e. The topological polar surface area (TPSA) is 15.3 Å². The summed E-state index contributed by atoms with van der Waals surface area (Å²) in [6.07, 6.45) is 7.07. The van der Waals surface area contributed by atoms with E-state index in [4.69, 9.17) is 0 Å². The number of nitrogens with zero attached hydrogens (tertiary/aromatic N) is 1. The van der Waals surface area contributed by atoms with Gasteiger partial charge in [0, 0.05) is 31.2 Å². The molecule has 1 aliphatic carbocycles. The zero-order chi connectivity index (χ0) is 13.1. The van der Waals surface area contributed by atoms with Crippen molar-refractivity contribution in [2.24, 2.45) is 11.8 Å². The van der Waals surface area contributed by atoms with Crippen molar-refractivity contribution >= 4 is 0 Å². The van der Waals surface area contributed by atoms with Gasteiger partial charge in [-0.15, -0.1) is 0 Å². The van der Waals surface area contributed by atoms with Crippen molar-refractivity contribution in [1.82, 2.24) is 10.2 Å². The van der Waals surface area contributed by atoms with Gasteiger partial charge in [0.25, 0.3) is 0 Å². The van der Waals surface area contributed by atoms with E-state index in [0.717, 1.165) is 30.0 Å². The molecule has 2 fully saturated rings. The minimum absolute atomic E-state index is 0.723. The molecule has 2 unspecified atom stereocenters. The van der Waals surface area contributed by atoms with Crippen LogP contribution in [0.2, 0.25) is 0 Å². The molecule has 2 heteroatoms. The zero-order valence-corrected chi connectivity index (χ0v) is 12.8. The Bertz CT molecular complexity index is 243. The van der Waals surface area contributed by atoms with E-state index in [0.29, 0.717) is 0 Å². The molecule has 0 aromatic rings. The highest BCUT2D eigenvalue weighted by atomic mass is 15.2. The molecule has 106 valence electrons. The molecular formula is C16H32N2. The van der Waals surface area contributed by atoms with Crippen LogP contribution in [0.15, 0.2) is 0 Å². The normalized spacial score (nSPS) is 39.2.